The summed E-state index contributed by atoms with van der Waals surface area (Å²) in [6.07, 6.45) is 4.15. The second-order valence-electron chi connectivity index (χ2n) is 7.17. The lowest BCUT2D eigenvalue weighted by Crippen LogP contribution is -2.45. The van der Waals surface area contributed by atoms with Gasteiger partial charge in [0.1, 0.15) is 0 Å². The summed E-state index contributed by atoms with van der Waals surface area (Å²) < 4.78 is 27.5. The van der Waals surface area contributed by atoms with Gasteiger partial charge in [-0.1, -0.05) is 0 Å². The Labute approximate surface area is 160 Å². The van der Waals surface area contributed by atoms with Gasteiger partial charge in [-0.3, -0.25) is 10.1 Å². The van der Waals surface area contributed by atoms with Gasteiger partial charge in [0.15, 0.2) is 0 Å². The standard InChI is InChI=1S/C17H25N3O4S.ClH/c1-12-9-16(20(21)22)10-17(13(12)2)25(23,24)19-7-5-15(6-8-19)18-11-14-3-4-14;/h9-10,14-15,18H,3-8,11H2,1-2H3;1H. The van der Waals surface area contributed by atoms with Crippen LogP contribution in [0.1, 0.15) is 36.8 Å². The summed E-state index contributed by atoms with van der Waals surface area (Å²) in [6.45, 7) is 5.34. The molecule has 7 nitrogen and oxygen atoms in total. The zero-order valence-corrected chi connectivity index (χ0v) is 16.7. The number of hydrogen-bond acceptors (Lipinski definition) is 5. The molecule has 26 heavy (non-hydrogen) atoms. The SMILES string of the molecule is Cc1cc([N+](=O)[O-])cc(S(=O)(=O)N2CCC(NCC3CC3)CC2)c1C.Cl. The zero-order valence-electron chi connectivity index (χ0n) is 15.1. The number of rotatable bonds is 6. The molecule has 0 radical (unpaired) electrons. The number of sulfonamides is 1. The van der Waals surface area contributed by atoms with E-state index in [1.807, 2.05) is 0 Å². The maximum Gasteiger partial charge on any atom is 0.271 e. The lowest BCUT2D eigenvalue weighted by atomic mass is 10.1. The number of aryl methyl sites for hydroxylation is 1. The maximum atomic E-state index is 13.0. The monoisotopic (exact) mass is 403 g/mol. The van der Waals surface area contributed by atoms with Crippen molar-refractivity contribution in [1.82, 2.24) is 9.62 Å². The van der Waals surface area contributed by atoms with Crippen LogP contribution in [-0.2, 0) is 10.0 Å². The first-order valence-electron chi connectivity index (χ1n) is 8.78. The van der Waals surface area contributed by atoms with Crippen LogP contribution in [0.5, 0.6) is 0 Å². The number of piperidine rings is 1. The molecule has 3 rings (SSSR count). The average molecular weight is 404 g/mol. The molecule has 1 saturated carbocycles. The molecule has 1 aliphatic carbocycles. The van der Waals surface area contributed by atoms with E-state index in [9.17, 15) is 18.5 Å². The summed E-state index contributed by atoms with van der Waals surface area (Å²) in [7, 11) is -3.71. The normalized spacial score (nSPS) is 19.2. The quantitative estimate of drug-likeness (QED) is 0.582. The number of nitrogens with one attached hydrogen (secondary N) is 1. The van der Waals surface area contributed by atoms with Gasteiger partial charge in [0, 0.05) is 31.3 Å². The van der Waals surface area contributed by atoms with Crippen LogP contribution >= 0.6 is 12.4 Å². The number of hydrogen-bond donors (Lipinski definition) is 1. The lowest BCUT2D eigenvalue weighted by molar-refractivity contribution is -0.385. The second kappa shape index (κ2) is 8.21. The number of nitro groups is 1. The highest BCUT2D eigenvalue weighted by Crippen LogP contribution is 2.30. The second-order valence-corrected chi connectivity index (χ2v) is 9.08. The van der Waals surface area contributed by atoms with Gasteiger partial charge in [0.25, 0.3) is 5.69 Å². The van der Waals surface area contributed by atoms with Crippen molar-refractivity contribution < 1.29 is 13.3 Å². The molecule has 2 fully saturated rings. The Hall–Kier alpha value is -1.22. The Morgan fingerprint density at radius 3 is 2.35 bits per heavy atom. The van der Waals surface area contributed by atoms with Crippen molar-refractivity contribution in [2.75, 3.05) is 19.6 Å². The third-order valence-corrected chi connectivity index (χ3v) is 7.30. The van der Waals surface area contributed by atoms with Crippen molar-refractivity contribution in [1.29, 1.82) is 0 Å². The highest BCUT2D eigenvalue weighted by molar-refractivity contribution is 7.89. The lowest BCUT2D eigenvalue weighted by Gasteiger charge is -2.32. The Kier molecular flexibility index (Phi) is 6.65. The molecular formula is C17H26ClN3O4S. The van der Waals surface area contributed by atoms with Crippen LogP contribution in [0, 0.1) is 29.9 Å². The molecule has 1 aromatic rings. The molecule has 0 aromatic heterocycles. The Morgan fingerprint density at radius 2 is 1.81 bits per heavy atom. The van der Waals surface area contributed by atoms with E-state index in [-0.39, 0.29) is 23.0 Å². The summed E-state index contributed by atoms with van der Waals surface area (Å²) in [5.41, 5.74) is 1.02. The van der Waals surface area contributed by atoms with Crippen LogP contribution < -0.4 is 5.32 Å². The molecule has 1 N–H and O–H groups in total. The Balaban J connectivity index is 0.00000243. The van der Waals surface area contributed by atoms with E-state index in [0.29, 0.717) is 30.3 Å². The van der Waals surface area contributed by atoms with Gasteiger partial charge in [-0.2, -0.15) is 4.31 Å². The summed E-state index contributed by atoms with van der Waals surface area (Å²) >= 11 is 0. The van der Waals surface area contributed by atoms with Crippen LogP contribution in [0.3, 0.4) is 0 Å². The highest BCUT2D eigenvalue weighted by atomic mass is 35.5. The topological polar surface area (TPSA) is 92.5 Å². The fourth-order valence-corrected chi connectivity index (χ4v) is 5.06. The number of halogens is 1. The highest BCUT2D eigenvalue weighted by Gasteiger charge is 2.32. The number of nitrogens with zero attached hydrogens (tertiary/aromatic N) is 2. The van der Waals surface area contributed by atoms with E-state index in [0.717, 1.165) is 25.3 Å². The average Bonchev–Trinajstić information content (AvgIpc) is 3.39. The molecule has 146 valence electrons. The number of non-ortho nitro benzene ring substituents is 1. The molecule has 0 spiro atoms. The first-order valence-corrected chi connectivity index (χ1v) is 10.2. The zero-order chi connectivity index (χ0) is 18.2. The van der Waals surface area contributed by atoms with E-state index in [4.69, 9.17) is 0 Å². The van der Waals surface area contributed by atoms with Gasteiger partial charge in [-0.05, 0) is 63.1 Å². The van der Waals surface area contributed by atoms with Gasteiger partial charge in [0.05, 0.1) is 9.82 Å². The van der Waals surface area contributed by atoms with Gasteiger partial charge in [0.2, 0.25) is 10.0 Å². The smallest absolute Gasteiger partial charge is 0.271 e. The van der Waals surface area contributed by atoms with E-state index in [1.165, 1.54) is 29.3 Å². The maximum absolute atomic E-state index is 13.0. The van der Waals surface area contributed by atoms with Crippen molar-refractivity contribution in [3.05, 3.63) is 33.4 Å². The minimum atomic E-state index is -3.71. The first-order chi connectivity index (χ1) is 11.8. The van der Waals surface area contributed by atoms with Crippen LogP contribution in [0.15, 0.2) is 17.0 Å². The molecule has 2 aliphatic rings. The molecule has 1 heterocycles. The minimum absolute atomic E-state index is 0. The minimum Gasteiger partial charge on any atom is -0.314 e. The van der Waals surface area contributed by atoms with E-state index < -0.39 is 14.9 Å². The summed E-state index contributed by atoms with van der Waals surface area (Å²) in [6, 6.07) is 2.97. The predicted octanol–water partition coefficient (Wildman–Crippen LogP) is 2.79. The molecule has 0 unspecified atom stereocenters. The van der Waals surface area contributed by atoms with Crippen LogP contribution in [0.4, 0.5) is 5.69 Å². The fourth-order valence-electron chi connectivity index (χ4n) is 3.28. The molecule has 0 bridgehead atoms. The van der Waals surface area contributed by atoms with Crippen molar-refractivity contribution in [2.45, 2.75) is 50.5 Å². The number of benzene rings is 1. The van der Waals surface area contributed by atoms with Gasteiger partial charge in [-0.15, -0.1) is 12.4 Å². The molecule has 0 amide bonds. The van der Waals surface area contributed by atoms with Crippen LogP contribution in [0.25, 0.3) is 0 Å². The van der Waals surface area contributed by atoms with Gasteiger partial charge in [-0.25, -0.2) is 8.42 Å². The molecule has 0 atom stereocenters. The van der Waals surface area contributed by atoms with Crippen LogP contribution in [0.2, 0.25) is 0 Å². The summed E-state index contributed by atoms with van der Waals surface area (Å²) in [5.74, 6) is 0.803. The number of nitro benzene ring substituents is 1. The molecule has 1 aromatic carbocycles. The Morgan fingerprint density at radius 1 is 1.19 bits per heavy atom. The van der Waals surface area contributed by atoms with E-state index in [2.05, 4.69) is 5.32 Å². The van der Waals surface area contributed by atoms with Crippen molar-refractivity contribution >= 4 is 28.1 Å². The third-order valence-electron chi connectivity index (χ3n) is 5.28. The van der Waals surface area contributed by atoms with Crippen molar-refractivity contribution in [3.8, 4) is 0 Å². The molecule has 1 aliphatic heterocycles. The predicted molar refractivity (Wildman–Crippen MR) is 102 cm³/mol. The van der Waals surface area contributed by atoms with Gasteiger partial charge < -0.3 is 5.32 Å². The summed E-state index contributed by atoms with van der Waals surface area (Å²) in [4.78, 5) is 10.6. The van der Waals surface area contributed by atoms with Gasteiger partial charge >= 0.3 is 0 Å². The molecule has 9 heteroatoms. The fraction of sp³-hybridized carbons (Fsp3) is 0.647. The largest absolute Gasteiger partial charge is 0.314 e. The summed E-state index contributed by atoms with van der Waals surface area (Å²) in [5, 5.41) is 14.6. The van der Waals surface area contributed by atoms with Crippen LogP contribution in [-0.4, -0.2) is 43.3 Å². The Bertz CT molecular complexity index is 772. The first kappa shape index (κ1) is 21.1. The van der Waals surface area contributed by atoms with E-state index in [1.54, 1.807) is 13.8 Å². The molecule has 1 saturated heterocycles. The van der Waals surface area contributed by atoms with Crippen molar-refractivity contribution in [2.24, 2.45) is 5.92 Å². The van der Waals surface area contributed by atoms with Crippen molar-refractivity contribution in [3.63, 3.8) is 0 Å². The molecular weight excluding hydrogens is 378 g/mol. The third kappa shape index (κ3) is 4.54. The van der Waals surface area contributed by atoms with E-state index >= 15 is 0 Å².